The molecule has 150 valence electrons. The van der Waals surface area contributed by atoms with E-state index in [0.717, 1.165) is 44.4 Å². The van der Waals surface area contributed by atoms with Crippen LogP contribution in [0.25, 0.3) is 0 Å². The number of guanidine groups is 1. The molecule has 0 bridgehead atoms. The second kappa shape index (κ2) is 10.1. The second-order valence-electron chi connectivity index (χ2n) is 7.01. The van der Waals surface area contributed by atoms with Crippen molar-refractivity contribution in [1.82, 2.24) is 10.2 Å². The van der Waals surface area contributed by atoms with Crippen LogP contribution >= 0.6 is 0 Å². The van der Waals surface area contributed by atoms with Gasteiger partial charge in [-0.05, 0) is 42.2 Å². The molecule has 0 aliphatic carbocycles. The minimum atomic E-state index is 0.523. The average molecular weight is 382 g/mol. The molecule has 1 saturated heterocycles. The molecule has 1 N–H and O–H groups in total. The van der Waals surface area contributed by atoms with Gasteiger partial charge in [0.1, 0.15) is 5.75 Å². The summed E-state index contributed by atoms with van der Waals surface area (Å²) in [6, 6.07) is 16.8. The van der Waals surface area contributed by atoms with Crippen molar-refractivity contribution in [2.24, 2.45) is 4.99 Å². The lowest BCUT2D eigenvalue weighted by Gasteiger charge is -2.22. The summed E-state index contributed by atoms with van der Waals surface area (Å²) in [6.45, 7) is 6.14. The average Bonchev–Trinajstić information content (AvgIpc) is 3.23. The molecule has 28 heavy (non-hydrogen) atoms. The standard InChI is InChI=1S/C23H31N3O2/c1-4-28-17-21-8-6-5-7-19(21)15-25-23(24-2)26-14-13-20(16-26)18-9-11-22(27-3)12-10-18/h5-12,20H,4,13-17H2,1-3H3,(H,24,25). The highest BCUT2D eigenvalue weighted by atomic mass is 16.5. The molecule has 0 saturated carbocycles. The maximum atomic E-state index is 5.60. The van der Waals surface area contributed by atoms with E-state index in [1.807, 2.05) is 26.1 Å². The summed E-state index contributed by atoms with van der Waals surface area (Å²) >= 11 is 0. The Morgan fingerprint density at radius 3 is 2.57 bits per heavy atom. The van der Waals surface area contributed by atoms with Crippen LogP contribution in [-0.4, -0.2) is 44.7 Å². The Hall–Kier alpha value is -2.53. The lowest BCUT2D eigenvalue weighted by Crippen LogP contribution is -2.39. The first-order valence-corrected chi connectivity index (χ1v) is 9.99. The van der Waals surface area contributed by atoms with Gasteiger partial charge in [0.25, 0.3) is 0 Å². The van der Waals surface area contributed by atoms with Crippen molar-refractivity contribution in [2.75, 3.05) is 33.9 Å². The quantitative estimate of drug-likeness (QED) is 0.585. The van der Waals surface area contributed by atoms with Gasteiger partial charge in [-0.15, -0.1) is 0 Å². The zero-order chi connectivity index (χ0) is 19.8. The van der Waals surface area contributed by atoms with Crippen LogP contribution in [-0.2, 0) is 17.9 Å². The summed E-state index contributed by atoms with van der Waals surface area (Å²) in [4.78, 5) is 6.86. The van der Waals surface area contributed by atoms with E-state index in [-0.39, 0.29) is 0 Å². The van der Waals surface area contributed by atoms with Crippen LogP contribution in [0.1, 0.15) is 36.0 Å². The molecule has 0 spiro atoms. The monoisotopic (exact) mass is 381 g/mol. The highest BCUT2D eigenvalue weighted by Crippen LogP contribution is 2.28. The van der Waals surface area contributed by atoms with E-state index < -0.39 is 0 Å². The molecule has 2 aromatic rings. The highest BCUT2D eigenvalue weighted by molar-refractivity contribution is 5.80. The van der Waals surface area contributed by atoms with Crippen LogP contribution in [0.15, 0.2) is 53.5 Å². The number of hydrogen-bond acceptors (Lipinski definition) is 3. The molecule has 2 aromatic carbocycles. The maximum Gasteiger partial charge on any atom is 0.193 e. The van der Waals surface area contributed by atoms with Crippen LogP contribution in [0.2, 0.25) is 0 Å². The Morgan fingerprint density at radius 2 is 1.89 bits per heavy atom. The third-order valence-electron chi connectivity index (χ3n) is 5.30. The first kappa shape index (κ1) is 20.2. The first-order chi connectivity index (χ1) is 13.7. The summed E-state index contributed by atoms with van der Waals surface area (Å²) in [5.41, 5.74) is 3.84. The summed E-state index contributed by atoms with van der Waals surface area (Å²) in [5, 5.41) is 3.54. The molecule has 1 fully saturated rings. The van der Waals surface area contributed by atoms with Gasteiger partial charge in [-0.3, -0.25) is 4.99 Å². The van der Waals surface area contributed by atoms with Crippen LogP contribution in [0.5, 0.6) is 5.75 Å². The van der Waals surface area contributed by atoms with Gasteiger partial charge in [0.2, 0.25) is 0 Å². The molecule has 0 radical (unpaired) electrons. The second-order valence-corrected chi connectivity index (χ2v) is 7.01. The Bertz CT molecular complexity index is 774. The number of aliphatic imine (C=N–C) groups is 1. The van der Waals surface area contributed by atoms with E-state index in [4.69, 9.17) is 9.47 Å². The molecule has 1 unspecified atom stereocenters. The fourth-order valence-electron chi connectivity index (χ4n) is 3.69. The normalized spacial score (nSPS) is 17.0. The lowest BCUT2D eigenvalue weighted by atomic mass is 9.98. The van der Waals surface area contributed by atoms with E-state index in [9.17, 15) is 0 Å². The van der Waals surface area contributed by atoms with Crippen molar-refractivity contribution >= 4 is 5.96 Å². The van der Waals surface area contributed by atoms with Crippen molar-refractivity contribution < 1.29 is 9.47 Å². The van der Waals surface area contributed by atoms with E-state index in [2.05, 4.69) is 51.6 Å². The smallest absolute Gasteiger partial charge is 0.193 e. The molecule has 0 amide bonds. The molecule has 0 aromatic heterocycles. The van der Waals surface area contributed by atoms with E-state index in [0.29, 0.717) is 12.5 Å². The number of ether oxygens (including phenoxy) is 2. The van der Waals surface area contributed by atoms with Crippen LogP contribution < -0.4 is 10.1 Å². The van der Waals surface area contributed by atoms with Crippen molar-refractivity contribution in [3.05, 3.63) is 65.2 Å². The lowest BCUT2D eigenvalue weighted by molar-refractivity contribution is 0.133. The maximum absolute atomic E-state index is 5.60. The van der Waals surface area contributed by atoms with E-state index in [1.54, 1.807) is 7.11 Å². The molecule has 1 aliphatic heterocycles. The summed E-state index contributed by atoms with van der Waals surface area (Å²) in [5.74, 6) is 2.39. The van der Waals surface area contributed by atoms with Gasteiger partial charge in [-0.25, -0.2) is 0 Å². The third-order valence-corrected chi connectivity index (χ3v) is 5.30. The van der Waals surface area contributed by atoms with Crippen molar-refractivity contribution in [2.45, 2.75) is 32.4 Å². The summed E-state index contributed by atoms with van der Waals surface area (Å²) in [7, 11) is 3.56. The van der Waals surface area contributed by atoms with Gasteiger partial charge in [0, 0.05) is 39.2 Å². The Morgan fingerprint density at radius 1 is 1.14 bits per heavy atom. The van der Waals surface area contributed by atoms with Crippen LogP contribution in [0.4, 0.5) is 0 Å². The minimum absolute atomic E-state index is 0.523. The number of nitrogens with one attached hydrogen (secondary N) is 1. The Balaban J connectivity index is 1.59. The molecule has 5 heteroatoms. The summed E-state index contributed by atoms with van der Waals surface area (Å²) < 4.78 is 10.9. The first-order valence-electron chi connectivity index (χ1n) is 9.99. The number of rotatable bonds is 7. The largest absolute Gasteiger partial charge is 0.497 e. The van der Waals surface area contributed by atoms with Gasteiger partial charge in [-0.2, -0.15) is 0 Å². The number of likely N-dealkylation sites (tertiary alicyclic amines) is 1. The topological polar surface area (TPSA) is 46.1 Å². The van der Waals surface area contributed by atoms with Crippen molar-refractivity contribution in [3.63, 3.8) is 0 Å². The number of methoxy groups -OCH3 is 1. The third kappa shape index (κ3) is 5.04. The molecule has 1 atom stereocenters. The predicted octanol–water partition coefficient (Wildman–Crippen LogP) is 3.80. The number of benzene rings is 2. The van der Waals surface area contributed by atoms with Crippen LogP contribution in [0.3, 0.4) is 0 Å². The SMILES string of the molecule is CCOCc1ccccc1CNC(=NC)N1CCC(c2ccc(OC)cc2)C1. The summed E-state index contributed by atoms with van der Waals surface area (Å²) in [6.07, 6.45) is 1.13. The zero-order valence-corrected chi connectivity index (χ0v) is 17.1. The minimum Gasteiger partial charge on any atom is -0.497 e. The molecule has 1 aliphatic rings. The molecule has 5 nitrogen and oxygen atoms in total. The van der Waals surface area contributed by atoms with E-state index >= 15 is 0 Å². The van der Waals surface area contributed by atoms with Gasteiger partial charge < -0.3 is 19.7 Å². The number of nitrogens with zero attached hydrogens (tertiary/aromatic N) is 2. The zero-order valence-electron chi connectivity index (χ0n) is 17.1. The number of hydrogen-bond donors (Lipinski definition) is 1. The van der Waals surface area contributed by atoms with Crippen molar-refractivity contribution in [3.8, 4) is 5.75 Å². The fourth-order valence-corrected chi connectivity index (χ4v) is 3.69. The van der Waals surface area contributed by atoms with Crippen molar-refractivity contribution in [1.29, 1.82) is 0 Å². The van der Waals surface area contributed by atoms with Gasteiger partial charge in [-0.1, -0.05) is 36.4 Å². The molecular weight excluding hydrogens is 350 g/mol. The molecule has 3 rings (SSSR count). The van der Waals surface area contributed by atoms with Gasteiger partial charge in [0.15, 0.2) is 5.96 Å². The molecule has 1 heterocycles. The Labute approximate surface area is 168 Å². The van der Waals surface area contributed by atoms with Crippen LogP contribution in [0, 0.1) is 0 Å². The fraction of sp³-hybridized carbons (Fsp3) is 0.435. The Kier molecular flexibility index (Phi) is 7.31. The van der Waals surface area contributed by atoms with E-state index in [1.165, 1.54) is 16.7 Å². The highest BCUT2D eigenvalue weighted by Gasteiger charge is 2.26. The predicted molar refractivity (Wildman–Crippen MR) is 114 cm³/mol. The van der Waals surface area contributed by atoms with Gasteiger partial charge >= 0.3 is 0 Å². The van der Waals surface area contributed by atoms with Gasteiger partial charge in [0.05, 0.1) is 13.7 Å². The molecular formula is C23H31N3O2.